The van der Waals surface area contributed by atoms with Crippen LogP contribution in [0.5, 0.6) is 0 Å². The minimum absolute atomic E-state index is 0.767. The zero-order chi connectivity index (χ0) is 18.6. The van der Waals surface area contributed by atoms with Gasteiger partial charge in [0.25, 0.3) is 0 Å². The van der Waals surface area contributed by atoms with Crippen molar-refractivity contribution >= 4 is 33.5 Å². The van der Waals surface area contributed by atoms with Crippen LogP contribution >= 0.6 is 22.7 Å². The van der Waals surface area contributed by atoms with E-state index in [1.807, 2.05) is 35.9 Å². The summed E-state index contributed by atoms with van der Waals surface area (Å²) < 4.78 is 0. The fourth-order valence-corrected chi connectivity index (χ4v) is 4.06. The molecule has 4 nitrogen and oxygen atoms in total. The van der Waals surface area contributed by atoms with E-state index in [1.54, 1.807) is 22.7 Å². The van der Waals surface area contributed by atoms with Gasteiger partial charge in [-0.1, -0.05) is 60.2 Å². The van der Waals surface area contributed by atoms with Crippen LogP contribution in [0.1, 0.15) is 18.2 Å². The molecule has 6 heteroatoms. The molecule has 4 aromatic rings. The van der Waals surface area contributed by atoms with Crippen molar-refractivity contribution in [1.82, 2.24) is 9.97 Å². The van der Waals surface area contributed by atoms with Crippen molar-refractivity contribution in [2.24, 2.45) is 5.10 Å². The van der Waals surface area contributed by atoms with Crippen molar-refractivity contribution in [3.05, 3.63) is 76.6 Å². The van der Waals surface area contributed by atoms with Crippen LogP contribution in [0.4, 0.5) is 5.13 Å². The van der Waals surface area contributed by atoms with Crippen molar-refractivity contribution in [1.29, 1.82) is 0 Å². The number of hydrogen-bond acceptors (Lipinski definition) is 6. The number of nitrogens with one attached hydrogen (secondary N) is 1. The van der Waals surface area contributed by atoms with Crippen LogP contribution in [0, 0.1) is 6.92 Å². The van der Waals surface area contributed by atoms with Crippen LogP contribution in [-0.4, -0.2) is 15.7 Å². The van der Waals surface area contributed by atoms with Gasteiger partial charge in [0.1, 0.15) is 5.01 Å². The molecule has 2 aromatic carbocycles. The molecule has 0 atom stereocenters. The summed E-state index contributed by atoms with van der Waals surface area (Å²) in [7, 11) is 0. The summed E-state index contributed by atoms with van der Waals surface area (Å²) in [6.45, 7) is 4.03. The number of aromatic nitrogens is 2. The van der Waals surface area contributed by atoms with Gasteiger partial charge in [0.05, 0.1) is 17.1 Å². The van der Waals surface area contributed by atoms with Gasteiger partial charge >= 0.3 is 0 Å². The molecular weight excluding hydrogens is 372 g/mol. The number of hydrazone groups is 1. The standard InChI is InChI=1S/C21H18N4S2/c1-14-8-10-16(11-9-14)19-13-27-21(23-19)25-24-15(2)18-12-26-20(22-18)17-6-4-3-5-7-17/h3-13H,1-2H3,(H,23,25)/b24-15+. The van der Waals surface area contributed by atoms with E-state index in [0.717, 1.165) is 38.4 Å². The molecule has 27 heavy (non-hydrogen) atoms. The molecule has 134 valence electrons. The highest BCUT2D eigenvalue weighted by Gasteiger charge is 2.08. The Morgan fingerprint density at radius 2 is 1.67 bits per heavy atom. The third-order valence-electron chi connectivity index (χ3n) is 4.07. The first-order chi connectivity index (χ1) is 13.2. The number of anilines is 1. The summed E-state index contributed by atoms with van der Waals surface area (Å²) in [6.07, 6.45) is 0. The van der Waals surface area contributed by atoms with E-state index in [4.69, 9.17) is 0 Å². The van der Waals surface area contributed by atoms with Gasteiger partial charge in [-0.25, -0.2) is 9.97 Å². The number of thiazole rings is 2. The van der Waals surface area contributed by atoms with Gasteiger partial charge in [0, 0.05) is 21.9 Å². The third kappa shape index (κ3) is 4.13. The second kappa shape index (κ2) is 7.82. The molecule has 4 rings (SSSR count). The van der Waals surface area contributed by atoms with E-state index >= 15 is 0 Å². The molecule has 0 unspecified atom stereocenters. The van der Waals surface area contributed by atoms with Crippen molar-refractivity contribution in [2.45, 2.75) is 13.8 Å². The van der Waals surface area contributed by atoms with Crippen LogP contribution in [0.2, 0.25) is 0 Å². The topological polar surface area (TPSA) is 50.2 Å². The third-order valence-corrected chi connectivity index (χ3v) is 5.70. The summed E-state index contributed by atoms with van der Waals surface area (Å²) in [5, 5.41) is 10.3. The van der Waals surface area contributed by atoms with Gasteiger partial charge in [-0.2, -0.15) is 5.10 Å². The molecular formula is C21H18N4S2. The largest absolute Gasteiger partial charge is 0.252 e. The average molecular weight is 391 g/mol. The van der Waals surface area contributed by atoms with Gasteiger partial charge in [0.2, 0.25) is 5.13 Å². The first-order valence-corrected chi connectivity index (χ1v) is 10.3. The monoisotopic (exact) mass is 390 g/mol. The van der Waals surface area contributed by atoms with Crippen LogP contribution in [0.3, 0.4) is 0 Å². The van der Waals surface area contributed by atoms with Gasteiger partial charge in [-0.05, 0) is 13.8 Å². The lowest BCUT2D eigenvalue weighted by Crippen LogP contribution is -2.00. The Kier molecular flexibility index (Phi) is 5.09. The van der Waals surface area contributed by atoms with E-state index in [9.17, 15) is 0 Å². The van der Waals surface area contributed by atoms with E-state index in [2.05, 4.69) is 63.8 Å². The minimum Gasteiger partial charge on any atom is -0.252 e. The summed E-state index contributed by atoms with van der Waals surface area (Å²) in [4.78, 5) is 9.30. The van der Waals surface area contributed by atoms with Gasteiger partial charge in [0.15, 0.2) is 0 Å². The van der Waals surface area contributed by atoms with Crippen molar-refractivity contribution in [3.8, 4) is 21.8 Å². The summed E-state index contributed by atoms with van der Waals surface area (Å²) >= 11 is 3.16. The number of rotatable bonds is 5. The first kappa shape index (κ1) is 17.6. The second-order valence-electron chi connectivity index (χ2n) is 6.12. The lowest BCUT2D eigenvalue weighted by Gasteiger charge is -1.99. The molecule has 0 radical (unpaired) electrons. The summed E-state index contributed by atoms with van der Waals surface area (Å²) in [6, 6.07) is 18.5. The quantitative estimate of drug-likeness (QED) is 0.332. The Morgan fingerprint density at radius 1 is 0.889 bits per heavy atom. The van der Waals surface area contributed by atoms with Crippen LogP contribution in [-0.2, 0) is 0 Å². The predicted molar refractivity (Wildman–Crippen MR) is 116 cm³/mol. The van der Waals surface area contributed by atoms with Crippen LogP contribution in [0.15, 0.2) is 70.5 Å². The normalized spacial score (nSPS) is 11.6. The zero-order valence-electron chi connectivity index (χ0n) is 15.0. The minimum atomic E-state index is 0.767. The molecule has 1 N–H and O–H groups in total. The lowest BCUT2D eigenvalue weighted by atomic mass is 10.1. The molecule has 0 aliphatic rings. The van der Waals surface area contributed by atoms with Gasteiger partial charge in [-0.15, -0.1) is 22.7 Å². The van der Waals surface area contributed by atoms with Crippen molar-refractivity contribution < 1.29 is 0 Å². The zero-order valence-corrected chi connectivity index (χ0v) is 16.6. The molecule has 2 aromatic heterocycles. The molecule has 0 amide bonds. The van der Waals surface area contributed by atoms with E-state index in [0.29, 0.717) is 0 Å². The highest BCUT2D eigenvalue weighted by Crippen LogP contribution is 2.26. The van der Waals surface area contributed by atoms with Crippen molar-refractivity contribution in [3.63, 3.8) is 0 Å². The Morgan fingerprint density at radius 3 is 2.44 bits per heavy atom. The summed E-state index contributed by atoms with van der Waals surface area (Å²) in [5.41, 5.74) is 9.19. The highest BCUT2D eigenvalue weighted by molar-refractivity contribution is 7.14. The molecule has 0 saturated heterocycles. The number of aryl methyl sites for hydroxylation is 1. The number of nitrogens with zero attached hydrogens (tertiary/aromatic N) is 3. The van der Waals surface area contributed by atoms with Gasteiger partial charge in [-0.3, -0.25) is 5.43 Å². The van der Waals surface area contributed by atoms with E-state index in [-0.39, 0.29) is 0 Å². The number of hydrogen-bond donors (Lipinski definition) is 1. The lowest BCUT2D eigenvalue weighted by molar-refractivity contribution is 1.25. The molecule has 0 saturated carbocycles. The maximum absolute atomic E-state index is 4.68. The maximum atomic E-state index is 4.68. The highest BCUT2D eigenvalue weighted by atomic mass is 32.1. The van der Waals surface area contributed by atoms with Crippen LogP contribution in [0.25, 0.3) is 21.8 Å². The molecule has 0 aliphatic heterocycles. The average Bonchev–Trinajstić information content (AvgIpc) is 3.37. The number of benzene rings is 2. The molecule has 0 bridgehead atoms. The van der Waals surface area contributed by atoms with Crippen molar-refractivity contribution in [2.75, 3.05) is 5.43 Å². The Balaban J connectivity index is 1.47. The van der Waals surface area contributed by atoms with E-state index < -0.39 is 0 Å². The molecule has 2 heterocycles. The fraction of sp³-hybridized carbons (Fsp3) is 0.0952. The smallest absolute Gasteiger partial charge is 0.203 e. The Labute approximate surface area is 166 Å². The molecule has 0 spiro atoms. The predicted octanol–water partition coefficient (Wildman–Crippen LogP) is 6.08. The fourth-order valence-electron chi connectivity index (χ4n) is 2.52. The summed E-state index contributed by atoms with van der Waals surface area (Å²) in [5.74, 6) is 0. The Hall–Kier alpha value is -2.83. The van der Waals surface area contributed by atoms with Crippen LogP contribution < -0.4 is 5.43 Å². The van der Waals surface area contributed by atoms with E-state index in [1.165, 1.54) is 5.56 Å². The second-order valence-corrected chi connectivity index (χ2v) is 7.83. The first-order valence-electron chi connectivity index (χ1n) is 8.53. The van der Waals surface area contributed by atoms with Gasteiger partial charge < -0.3 is 0 Å². The molecule has 0 aliphatic carbocycles. The molecule has 0 fully saturated rings. The SMILES string of the molecule is C/C(=N\Nc1nc(-c2ccc(C)cc2)cs1)c1csc(-c2ccccc2)n1. The maximum Gasteiger partial charge on any atom is 0.203 e. The Bertz CT molecular complexity index is 1060.